The van der Waals surface area contributed by atoms with Gasteiger partial charge in [-0.25, -0.2) is 4.79 Å². The zero-order chi connectivity index (χ0) is 24.1. The van der Waals surface area contributed by atoms with Gasteiger partial charge in [-0.15, -0.1) is 0 Å². The molecular formula is C18H26N2O11. The van der Waals surface area contributed by atoms with Crippen molar-refractivity contribution >= 4 is 41.5 Å². The Morgan fingerprint density at radius 2 is 1.13 bits per heavy atom. The molecule has 0 heterocycles. The summed E-state index contributed by atoms with van der Waals surface area (Å²) in [5.74, 6) is -8.86. The van der Waals surface area contributed by atoms with E-state index in [1.165, 1.54) is 0 Å². The first-order valence-electron chi connectivity index (χ1n) is 9.31. The van der Waals surface area contributed by atoms with Crippen LogP contribution < -0.4 is 10.6 Å². The Kier molecular flexibility index (Phi) is 12.1. The van der Waals surface area contributed by atoms with Crippen molar-refractivity contribution < 1.29 is 54.0 Å². The van der Waals surface area contributed by atoms with E-state index in [0.717, 1.165) is 6.92 Å². The Labute approximate surface area is 176 Å². The highest BCUT2D eigenvalue weighted by Crippen LogP contribution is 2.16. The van der Waals surface area contributed by atoms with E-state index < -0.39 is 91.6 Å². The van der Waals surface area contributed by atoms with Gasteiger partial charge in [0.05, 0.1) is 6.04 Å². The summed E-state index contributed by atoms with van der Waals surface area (Å²) in [4.78, 5) is 79.9. The number of hydrogen-bond acceptors (Lipinski definition) is 7. The van der Waals surface area contributed by atoms with Crippen molar-refractivity contribution in [2.75, 3.05) is 0 Å². The van der Waals surface area contributed by atoms with E-state index in [1.54, 1.807) is 0 Å². The second-order valence-corrected chi connectivity index (χ2v) is 6.82. The highest BCUT2D eigenvalue weighted by atomic mass is 16.4. The molecule has 0 aromatic rings. The van der Waals surface area contributed by atoms with E-state index in [4.69, 9.17) is 20.4 Å². The van der Waals surface area contributed by atoms with Gasteiger partial charge in [0.2, 0.25) is 11.8 Å². The third kappa shape index (κ3) is 12.6. The Morgan fingerprint density at radius 3 is 1.55 bits per heavy atom. The molecule has 2 amide bonds. The second-order valence-electron chi connectivity index (χ2n) is 6.82. The van der Waals surface area contributed by atoms with Crippen molar-refractivity contribution in [2.45, 2.75) is 64.0 Å². The molecule has 0 radical (unpaired) electrons. The van der Waals surface area contributed by atoms with Gasteiger partial charge < -0.3 is 31.1 Å². The summed E-state index contributed by atoms with van der Waals surface area (Å²) in [5.41, 5.74) is 0. The number of nitrogens with one attached hydrogen (secondary N) is 2. The van der Waals surface area contributed by atoms with Crippen molar-refractivity contribution in [1.29, 1.82) is 0 Å². The molecule has 0 bridgehead atoms. The summed E-state index contributed by atoms with van der Waals surface area (Å²) in [6, 6.07) is -2.79. The SMILES string of the molecule is CC(=O)N[C@@H](CCC(=O)O)C(=O)C[C@@H](CCC(=O)O)C(=O)N[C@@H](CCC(=O)O)C(=O)O. The van der Waals surface area contributed by atoms with E-state index in [9.17, 15) is 33.6 Å². The molecule has 13 nitrogen and oxygen atoms in total. The zero-order valence-electron chi connectivity index (χ0n) is 16.8. The molecule has 0 saturated heterocycles. The van der Waals surface area contributed by atoms with E-state index >= 15 is 0 Å². The predicted molar refractivity (Wildman–Crippen MR) is 101 cm³/mol. The molecular weight excluding hydrogens is 420 g/mol. The van der Waals surface area contributed by atoms with Gasteiger partial charge in [0.15, 0.2) is 5.78 Å². The maximum atomic E-state index is 12.6. The van der Waals surface area contributed by atoms with Gasteiger partial charge in [0.1, 0.15) is 6.04 Å². The average molecular weight is 446 g/mol. The highest BCUT2D eigenvalue weighted by Gasteiger charge is 2.30. The fraction of sp³-hybridized carbons (Fsp3) is 0.611. The normalized spacial score (nSPS) is 13.3. The number of carbonyl (C=O) groups is 7. The Balaban J connectivity index is 5.41. The lowest BCUT2D eigenvalue weighted by atomic mass is 9.91. The molecule has 6 N–H and O–H groups in total. The number of aliphatic carboxylic acids is 4. The largest absolute Gasteiger partial charge is 0.481 e. The minimum atomic E-state index is -1.57. The van der Waals surface area contributed by atoms with Crippen LogP contribution in [0.4, 0.5) is 0 Å². The molecule has 0 fully saturated rings. The summed E-state index contributed by atoms with van der Waals surface area (Å²) < 4.78 is 0. The smallest absolute Gasteiger partial charge is 0.326 e. The standard InChI is InChI=1S/C18H26N2O11/c1-9(21)19-11(3-6-15(25)26)13(22)8-10(2-5-14(23)24)17(29)20-12(18(30)31)4-7-16(27)28/h10-12H,2-8H2,1H3,(H,19,21)(H,20,29)(H,23,24)(H,25,26)(H,27,28)(H,30,31)/t10-,11+,12+/m1/s1. The van der Waals surface area contributed by atoms with Gasteiger partial charge in [-0.3, -0.25) is 28.8 Å². The molecule has 0 aromatic heterocycles. The molecule has 0 unspecified atom stereocenters. The van der Waals surface area contributed by atoms with Crippen LogP contribution in [0, 0.1) is 5.92 Å². The van der Waals surface area contributed by atoms with Gasteiger partial charge in [0.25, 0.3) is 0 Å². The van der Waals surface area contributed by atoms with Gasteiger partial charge in [-0.05, 0) is 19.3 Å². The van der Waals surface area contributed by atoms with Gasteiger partial charge >= 0.3 is 23.9 Å². The lowest BCUT2D eigenvalue weighted by Gasteiger charge is -2.22. The van der Waals surface area contributed by atoms with E-state index in [1.807, 2.05) is 0 Å². The fourth-order valence-corrected chi connectivity index (χ4v) is 2.65. The fourth-order valence-electron chi connectivity index (χ4n) is 2.65. The molecule has 0 rings (SSSR count). The summed E-state index contributed by atoms with van der Waals surface area (Å²) in [6.07, 6.45) is -3.09. The van der Waals surface area contributed by atoms with Crippen molar-refractivity contribution in [1.82, 2.24) is 10.6 Å². The molecule has 174 valence electrons. The van der Waals surface area contributed by atoms with Gasteiger partial charge in [-0.1, -0.05) is 0 Å². The van der Waals surface area contributed by atoms with Crippen LogP contribution in [0.15, 0.2) is 0 Å². The van der Waals surface area contributed by atoms with E-state index in [0.29, 0.717) is 0 Å². The molecule has 31 heavy (non-hydrogen) atoms. The maximum Gasteiger partial charge on any atom is 0.326 e. The maximum absolute atomic E-state index is 12.6. The number of carboxylic acid groups (broad SMARTS) is 4. The number of hydrogen-bond donors (Lipinski definition) is 6. The molecule has 0 aliphatic heterocycles. The van der Waals surface area contributed by atoms with E-state index in [-0.39, 0.29) is 12.8 Å². The first-order valence-corrected chi connectivity index (χ1v) is 9.31. The monoisotopic (exact) mass is 446 g/mol. The van der Waals surface area contributed by atoms with Crippen LogP contribution in [0.3, 0.4) is 0 Å². The number of Topliss-reactive ketones (excluding diaryl/α,β-unsaturated/α-hetero) is 1. The Bertz CT molecular complexity index is 719. The quantitative estimate of drug-likeness (QED) is 0.172. The minimum Gasteiger partial charge on any atom is -0.481 e. The molecule has 0 spiro atoms. The van der Waals surface area contributed by atoms with Gasteiger partial charge in [-0.2, -0.15) is 0 Å². The first kappa shape index (κ1) is 27.5. The van der Waals surface area contributed by atoms with Crippen LogP contribution in [-0.2, 0) is 33.6 Å². The number of ketones is 1. The summed E-state index contributed by atoms with van der Waals surface area (Å²) in [5, 5.41) is 39.9. The third-order valence-electron chi connectivity index (χ3n) is 4.20. The topological polar surface area (TPSA) is 224 Å². The van der Waals surface area contributed by atoms with Crippen molar-refractivity contribution in [3.05, 3.63) is 0 Å². The molecule has 13 heteroatoms. The molecule has 0 aliphatic carbocycles. The summed E-state index contributed by atoms with van der Waals surface area (Å²) >= 11 is 0. The minimum absolute atomic E-state index is 0.253. The number of carbonyl (C=O) groups excluding carboxylic acids is 3. The van der Waals surface area contributed by atoms with Crippen LogP contribution in [0.5, 0.6) is 0 Å². The number of carboxylic acids is 4. The highest BCUT2D eigenvalue weighted by molar-refractivity contribution is 5.93. The summed E-state index contributed by atoms with van der Waals surface area (Å²) in [7, 11) is 0. The van der Waals surface area contributed by atoms with Crippen molar-refractivity contribution in [2.24, 2.45) is 5.92 Å². The van der Waals surface area contributed by atoms with Crippen molar-refractivity contribution in [3.8, 4) is 0 Å². The summed E-state index contributed by atoms with van der Waals surface area (Å²) in [6.45, 7) is 1.11. The second kappa shape index (κ2) is 13.7. The lowest BCUT2D eigenvalue weighted by molar-refractivity contribution is -0.144. The Morgan fingerprint density at radius 1 is 0.677 bits per heavy atom. The van der Waals surface area contributed by atoms with Crippen molar-refractivity contribution in [3.63, 3.8) is 0 Å². The third-order valence-corrected chi connectivity index (χ3v) is 4.20. The first-order chi connectivity index (χ1) is 14.3. The lowest BCUT2D eigenvalue weighted by Crippen LogP contribution is -2.46. The number of rotatable bonds is 16. The Hall–Kier alpha value is -3.51. The van der Waals surface area contributed by atoms with Crippen LogP contribution in [0.25, 0.3) is 0 Å². The van der Waals surface area contributed by atoms with E-state index in [2.05, 4.69) is 10.6 Å². The molecule has 0 aromatic carbocycles. The van der Waals surface area contributed by atoms with Crippen LogP contribution in [0.2, 0.25) is 0 Å². The predicted octanol–water partition coefficient (Wildman–Crippen LogP) is -0.770. The molecule has 0 saturated carbocycles. The average Bonchev–Trinajstić information content (AvgIpc) is 2.63. The van der Waals surface area contributed by atoms with Crippen LogP contribution in [0.1, 0.15) is 51.9 Å². The molecule has 3 atom stereocenters. The zero-order valence-corrected chi connectivity index (χ0v) is 16.8. The number of amides is 2. The molecule has 0 aliphatic rings. The van der Waals surface area contributed by atoms with Crippen LogP contribution >= 0.6 is 0 Å². The van der Waals surface area contributed by atoms with Gasteiger partial charge in [0, 0.05) is 38.5 Å². The van der Waals surface area contributed by atoms with Crippen LogP contribution in [-0.4, -0.2) is 74.0 Å².